The Morgan fingerprint density at radius 1 is 1.32 bits per heavy atom. The lowest BCUT2D eigenvalue weighted by molar-refractivity contribution is 0.0562. The first-order chi connectivity index (χ1) is 9.22. The van der Waals surface area contributed by atoms with Crippen LogP contribution in [-0.4, -0.2) is 40.9 Å². The zero-order chi connectivity index (χ0) is 13.7. The van der Waals surface area contributed by atoms with Gasteiger partial charge in [-0.2, -0.15) is 0 Å². The molecule has 2 rings (SSSR count). The quantitative estimate of drug-likeness (QED) is 0.856. The molecular formula is C16H25NO2. The molecule has 3 nitrogen and oxygen atoms in total. The van der Waals surface area contributed by atoms with Gasteiger partial charge in [-0.25, -0.2) is 0 Å². The smallest absolute Gasteiger partial charge is 0.0919 e. The fraction of sp³-hybridized carbons (Fsp3) is 0.625. The van der Waals surface area contributed by atoms with Gasteiger partial charge in [0.2, 0.25) is 0 Å². The van der Waals surface area contributed by atoms with Crippen LogP contribution in [0.15, 0.2) is 24.3 Å². The van der Waals surface area contributed by atoms with Crippen molar-refractivity contribution in [1.29, 1.82) is 0 Å². The van der Waals surface area contributed by atoms with Crippen LogP contribution in [0.1, 0.15) is 42.9 Å². The molecule has 1 fully saturated rings. The summed E-state index contributed by atoms with van der Waals surface area (Å²) in [5, 5.41) is 19.6. The number of rotatable bonds is 5. The molecule has 0 bridgehead atoms. The van der Waals surface area contributed by atoms with Crippen LogP contribution in [-0.2, 0) is 0 Å². The Hall–Kier alpha value is -0.900. The number of β-amino-alcohol motifs (C(OH)–C–C–N with tert-alkyl or cyclic N) is 1. The molecule has 3 heteroatoms. The fourth-order valence-corrected chi connectivity index (χ4v) is 3.06. The first-order valence-electron chi connectivity index (χ1n) is 7.31. The Labute approximate surface area is 115 Å². The normalized spacial score (nSPS) is 22.4. The van der Waals surface area contributed by atoms with Crippen LogP contribution in [0.5, 0.6) is 0 Å². The maximum atomic E-state index is 10.4. The number of benzene rings is 1. The summed E-state index contributed by atoms with van der Waals surface area (Å²) >= 11 is 0. The number of aliphatic hydroxyl groups excluding tert-OH is 2. The van der Waals surface area contributed by atoms with Crippen LogP contribution in [0.4, 0.5) is 0 Å². The molecular weight excluding hydrogens is 238 g/mol. The highest BCUT2D eigenvalue weighted by molar-refractivity contribution is 5.27. The van der Waals surface area contributed by atoms with Gasteiger partial charge in [0.1, 0.15) is 0 Å². The van der Waals surface area contributed by atoms with E-state index in [0.717, 1.165) is 30.5 Å². The van der Waals surface area contributed by atoms with Crippen molar-refractivity contribution in [2.45, 2.75) is 44.8 Å². The number of aliphatic hydroxyl groups is 2. The Morgan fingerprint density at radius 2 is 2.11 bits per heavy atom. The second-order valence-corrected chi connectivity index (χ2v) is 5.53. The van der Waals surface area contributed by atoms with Crippen LogP contribution >= 0.6 is 0 Å². The van der Waals surface area contributed by atoms with Gasteiger partial charge in [-0.05, 0) is 43.9 Å². The SMILES string of the molecule is Cc1ccccc1C(O)CN1CCCCC1CCO. The summed E-state index contributed by atoms with van der Waals surface area (Å²) in [5.74, 6) is 0. The molecule has 1 aromatic carbocycles. The molecule has 1 aliphatic heterocycles. The van der Waals surface area contributed by atoms with Gasteiger partial charge in [0, 0.05) is 19.2 Å². The lowest BCUT2D eigenvalue weighted by Gasteiger charge is -2.37. The molecule has 1 saturated heterocycles. The largest absolute Gasteiger partial charge is 0.396 e. The van der Waals surface area contributed by atoms with Crippen molar-refractivity contribution >= 4 is 0 Å². The number of hydrogen-bond acceptors (Lipinski definition) is 3. The summed E-state index contributed by atoms with van der Waals surface area (Å²) in [6, 6.07) is 8.45. The molecule has 0 amide bonds. The average Bonchev–Trinajstić information content (AvgIpc) is 2.41. The van der Waals surface area contributed by atoms with Crippen molar-refractivity contribution in [2.24, 2.45) is 0 Å². The predicted octanol–water partition coefficient (Wildman–Crippen LogP) is 2.27. The van der Waals surface area contributed by atoms with Crippen molar-refractivity contribution in [3.05, 3.63) is 35.4 Å². The molecule has 1 heterocycles. The Bertz CT molecular complexity index is 392. The van der Waals surface area contributed by atoms with E-state index in [2.05, 4.69) is 4.90 Å². The van der Waals surface area contributed by atoms with Crippen molar-refractivity contribution in [3.63, 3.8) is 0 Å². The highest BCUT2D eigenvalue weighted by Crippen LogP contribution is 2.24. The Kier molecular flexibility index (Phi) is 5.37. The molecule has 19 heavy (non-hydrogen) atoms. The van der Waals surface area contributed by atoms with E-state index in [1.54, 1.807) is 0 Å². The zero-order valence-corrected chi connectivity index (χ0v) is 11.8. The minimum Gasteiger partial charge on any atom is -0.396 e. The third kappa shape index (κ3) is 3.78. The predicted molar refractivity (Wildman–Crippen MR) is 77.1 cm³/mol. The molecule has 2 N–H and O–H groups in total. The molecule has 2 atom stereocenters. The molecule has 0 spiro atoms. The van der Waals surface area contributed by atoms with Crippen molar-refractivity contribution in [2.75, 3.05) is 19.7 Å². The highest BCUT2D eigenvalue weighted by Gasteiger charge is 2.24. The lowest BCUT2D eigenvalue weighted by Crippen LogP contribution is -2.42. The van der Waals surface area contributed by atoms with Crippen LogP contribution in [0.25, 0.3) is 0 Å². The number of piperidine rings is 1. The van der Waals surface area contributed by atoms with E-state index in [4.69, 9.17) is 5.11 Å². The molecule has 0 radical (unpaired) electrons. The summed E-state index contributed by atoms with van der Waals surface area (Å²) in [6.45, 7) is 3.99. The van der Waals surface area contributed by atoms with Crippen LogP contribution in [0.3, 0.4) is 0 Å². The second kappa shape index (κ2) is 7.04. The third-order valence-electron chi connectivity index (χ3n) is 4.17. The van der Waals surface area contributed by atoms with Gasteiger partial charge >= 0.3 is 0 Å². The molecule has 0 saturated carbocycles. The molecule has 0 aromatic heterocycles. The third-order valence-corrected chi connectivity index (χ3v) is 4.17. The summed E-state index contributed by atoms with van der Waals surface area (Å²) in [7, 11) is 0. The zero-order valence-electron chi connectivity index (χ0n) is 11.8. The summed E-state index contributed by atoms with van der Waals surface area (Å²) < 4.78 is 0. The maximum absolute atomic E-state index is 10.4. The van der Waals surface area contributed by atoms with E-state index in [-0.39, 0.29) is 6.61 Å². The van der Waals surface area contributed by atoms with Crippen molar-refractivity contribution in [1.82, 2.24) is 4.90 Å². The molecule has 106 valence electrons. The van der Waals surface area contributed by atoms with E-state index in [1.165, 1.54) is 12.8 Å². The molecule has 1 aliphatic rings. The van der Waals surface area contributed by atoms with Gasteiger partial charge < -0.3 is 10.2 Å². The van der Waals surface area contributed by atoms with E-state index in [0.29, 0.717) is 12.6 Å². The summed E-state index contributed by atoms with van der Waals surface area (Å²) in [5.41, 5.74) is 2.17. The van der Waals surface area contributed by atoms with E-state index in [9.17, 15) is 5.11 Å². The van der Waals surface area contributed by atoms with E-state index >= 15 is 0 Å². The average molecular weight is 263 g/mol. The summed E-state index contributed by atoms with van der Waals surface area (Å²) in [4.78, 5) is 2.34. The Balaban J connectivity index is 2.00. The van der Waals surface area contributed by atoms with Gasteiger partial charge in [-0.15, -0.1) is 0 Å². The first kappa shape index (κ1) is 14.5. The molecule has 1 aromatic rings. The van der Waals surface area contributed by atoms with Gasteiger partial charge in [0.05, 0.1) is 6.10 Å². The topological polar surface area (TPSA) is 43.7 Å². The number of aryl methyl sites for hydroxylation is 1. The van der Waals surface area contributed by atoms with Crippen molar-refractivity contribution < 1.29 is 10.2 Å². The molecule has 2 unspecified atom stereocenters. The van der Waals surface area contributed by atoms with E-state index < -0.39 is 6.10 Å². The second-order valence-electron chi connectivity index (χ2n) is 5.53. The van der Waals surface area contributed by atoms with Crippen LogP contribution in [0.2, 0.25) is 0 Å². The van der Waals surface area contributed by atoms with Gasteiger partial charge in [0.15, 0.2) is 0 Å². The van der Waals surface area contributed by atoms with Gasteiger partial charge in [-0.1, -0.05) is 30.7 Å². The van der Waals surface area contributed by atoms with E-state index in [1.807, 2.05) is 31.2 Å². The monoisotopic (exact) mass is 263 g/mol. The minimum atomic E-state index is -0.430. The fourth-order valence-electron chi connectivity index (χ4n) is 3.06. The first-order valence-corrected chi connectivity index (χ1v) is 7.31. The van der Waals surface area contributed by atoms with Gasteiger partial charge in [-0.3, -0.25) is 4.90 Å². The standard InChI is InChI=1S/C16H25NO2/c1-13-6-2-3-8-15(13)16(19)12-17-10-5-4-7-14(17)9-11-18/h2-3,6,8,14,16,18-19H,4-5,7,9-12H2,1H3. The van der Waals surface area contributed by atoms with Crippen LogP contribution < -0.4 is 0 Å². The minimum absolute atomic E-state index is 0.238. The molecule has 0 aliphatic carbocycles. The number of nitrogens with zero attached hydrogens (tertiary/aromatic N) is 1. The Morgan fingerprint density at radius 3 is 2.84 bits per heavy atom. The number of likely N-dealkylation sites (tertiary alicyclic amines) is 1. The maximum Gasteiger partial charge on any atom is 0.0919 e. The summed E-state index contributed by atoms with van der Waals surface area (Å²) in [6.07, 6.45) is 3.96. The highest BCUT2D eigenvalue weighted by atomic mass is 16.3. The van der Waals surface area contributed by atoms with Gasteiger partial charge in [0.25, 0.3) is 0 Å². The van der Waals surface area contributed by atoms with Crippen LogP contribution in [0, 0.1) is 6.92 Å². The van der Waals surface area contributed by atoms with Crippen molar-refractivity contribution in [3.8, 4) is 0 Å². The number of hydrogen-bond donors (Lipinski definition) is 2. The lowest BCUT2D eigenvalue weighted by atomic mass is 9.97.